The van der Waals surface area contributed by atoms with E-state index in [9.17, 15) is 4.79 Å². The lowest BCUT2D eigenvalue weighted by Gasteiger charge is -2.11. The Kier molecular flexibility index (Phi) is 8.23. The number of nitrogens with one attached hydrogen (secondary N) is 1. The highest BCUT2D eigenvalue weighted by Crippen LogP contribution is 2.45. The molecule has 0 radical (unpaired) electrons. The van der Waals surface area contributed by atoms with E-state index in [2.05, 4.69) is 17.4 Å². The summed E-state index contributed by atoms with van der Waals surface area (Å²) in [5, 5.41) is 2.79. The van der Waals surface area contributed by atoms with Crippen LogP contribution in [0.25, 0.3) is 0 Å². The van der Waals surface area contributed by atoms with Crippen LogP contribution in [-0.2, 0) is 4.79 Å². The lowest BCUT2D eigenvalue weighted by atomic mass is 10.2. The zero-order chi connectivity index (χ0) is 19.6. The lowest BCUT2D eigenvalue weighted by Crippen LogP contribution is -2.32. The van der Waals surface area contributed by atoms with E-state index >= 15 is 0 Å². The van der Waals surface area contributed by atoms with Crippen molar-refractivity contribution < 1.29 is 19.0 Å². The van der Waals surface area contributed by atoms with E-state index in [4.69, 9.17) is 14.2 Å². The molecule has 2 aromatic carbocycles. The Hall–Kier alpha value is -1.99. The van der Waals surface area contributed by atoms with Crippen molar-refractivity contribution in [1.29, 1.82) is 0 Å². The number of rotatable bonds is 10. The van der Waals surface area contributed by atoms with Crippen LogP contribution in [0.1, 0.15) is 17.1 Å². The number of ether oxygens (including phenoxy) is 3. The molecular weight excluding hydrogens is 394 g/mol. The number of hydrogen-bond acceptors (Lipinski definition) is 6. The SMILES string of the molecule is CCOc1ccc(OCCNC(=O)COc2ccc(C3SCCS3)cc2)cc1. The topological polar surface area (TPSA) is 56.8 Å². The Balaban J connectivity index is 1.31. The van der Waals surface area contributed by atoms with E-state index < -0.39 is 0 Å². The van der Waals surface area contributed by atoms with E-state index in [0.717, 1.165) is 11.5 Å². The van der Waals surface area contributed by atoms with Crippen LogP contribution in [0.2, 0.25) is 0 Å². The number of carbonyl (C=O) groups is 1. The van der Waals surface area contributed by atoms with Crippen molar-refractivity contribution in [2.75, 3.05) is 37.9 Å². The Labute approximate surface area is 174 Å². The monoisotopic (exact) mass is 419 g/mol. The minimum Gasteiger partial charge on any atom is -0.494 e. The Morgan fingerprint density at radius 1 is 0.929 bits per heavy atom. The first kappa shape index (κ1) is 20.7. The number of amides is 1. The zero-order valence-electron chi connectivity index (χ0n) is 15.9. The second-order valence-electron chi connectivity index (χ2n) is 6.03. The van der Waals surface area contributed by atoms with Gasteiger partial charge in [0.15, 0.2) is 6.61 Å². The highest BCUT2D eigenvalue weighted by molar-refractivity contribution is 8.19. The quantitative estimate of drug-likeness (QED) is 0.584. The van der Waals surface area contributed by atoms with E-state index in [1.54, 1.807) is 0 Å². The summed E-state index contributed by atoms with van der Waals surface area (Å²) in [5.41, 5.74) is 1.30. The fourth-order valence-electron chi connectivity index (χ4n) is 2.63. The molecule has 1 aliphatic heterocycles. The first-order valence-electron chi connectivity index (χ1n) is 9.33. The normalized spacial score (nSPS) is 13.9. The molecule has 1 N–H and O–H groups in total. The molecule has 150 valence electrons. The number of carbonyl (C=O) groups excluding carboxylic acids is 1. The van der Waals surface area contributed by atoms with Crippen molar-refractivity contribution in [1.82, 2.24) is 5.32 Å². The average Bonchev–Trinajstić information content (AvgIpc) is 3.26. The van der Waals surface area contributed by atoms with Gasteiger partial charge in [-0.05, 0) is 48.9 Å². The van der Waals surface area contributed by atoms with Crippen LogP contribution in [0, 0.1) is 0 Å². The molecule has 28 heavy (non-hydrogen) atoms. The van der Waals surface area contributed by atoms with Crippen LogP contribution in [-0.4, -0.2) is 43.8 Å². The Morgan fingerprint density at radius 3 is 2.14 bits per heavy atom. The summed E-state index contributed by atoms with van der Waals surface area (Å²) in [6.07, 6.45) is 0. The smallest absolute Gasteiger partial charge is 0.258 e. The molecule has 1 heterocycles. The van der Waals surface area contributed by atoms with Gasteiger partial charge in [0.2, 0.25) is 0 Å². The van der Waals surface area contributed by atoms with Gasteiger partial charge in [0.05, 0.1) is 17.7 Å². The molecule has 0 spiro atoms. The molecule has 3 rings (SSSR count). The van der Waals surface area contributed by atoms with Gasteiger partial charge in [-0.25, -0.2) is 0 Å². The summed E-state index contributed by atoms with van der Waals surface area (Å²) in [6, 6.07) is 15.4. The summed E-state index contributed by atoms with van der Waals surface area (Å²) in [7, 11) is 0. The fourth-order valence-corrected chi connectivity index (χ4v) is 5.49. The third-order valence-electron chi connectivity index (χ3n) is 3.97. The minimum atomic E-state index is -0.165. The van der Waals surface area contributed by atoms with Crippen molar-refractivity contribution in [2.24, 2.45) is 0 Å². The first-order valence-corrected chi connectivity index (χ1v) is 11.4. The molecule has 0 bridgehead atoms. The van der Waals surface area contributed by atoms with E-state index in [1.807, 2.05) is 66.8 Å². The van der Waals surface area contributed by atoms with Gasteiger partial charge in [-0.1, -0.05) is 12.1 Å². The van der Waals surface area contributed by atoms with Crippen molar-refractivity contribution in [3.63, 3.8) is 0 Å². The van der Waals surface area contributed by atoms with E-state index in [-0.39, 0.29) is 12.5 Å². The second kappa shape index (κ2) is 11.1. The van der Waals surface area contributed by atoms with Crippen LogP contribution in [0.5, 0.6) is 17.2 Å². The molecule has 0 saturated carbocycles. The number of thioether (sulfide) groups is 2. The molecular formula is C21H25NO4S2. The molecule has 0 unspecified atom stereocenters. The third kappa shape index (κ3) is 6.56. The van der Waals surface area contributed by atoms with Crippen LogP contribution < -0.4 is 19.5 Å². The highest BCUT2D eigenvalue weighted by atomic mass is 32.2. The van der Waals surface area contributed by atoms with Gasteiger partial charge in [0.1, 0.15) is 23.9 Å². The lowest BCUT2D eigenvalue weighted by molar-refractivity contribution is -0.123. The number of hydrogen-bond donors (Lipinski definition) is 1. The maximum Gasteiger partial charge on any atom is 0.258 e. The molecule has 1 fully saturated rings. The molecule has 1 aliphatic rings. The van der Waals surface area contributed by atoms with Gasteiger partial charge in [0.25, 0.3) is 5.91 Å². The van der Waals surface area contributed by atoms with Crippen molar-refractivity contribution >= 4 is 29.4 Å². The van der Waals surface area contributed by atoms with Gasteiger partial charge in [-0.15, -0.1) is 23.5 Å². The first-order chi connectivity index (χ1) is 13.7. The van der Waals surface area contributed by atoms with Gasteiger partial charge in [-0.3, -0.25) is 4.79 Å². The second-order valence-corrected chi connectivity index (χ2v) is 8.76. The summed E-state index contributed by atoms with van der Waals surface area (Å²) >= 11 is 3.94. The predicted octanol–water partition coefficient (Wildman–Crippen LogP) is 4.14. The molecule has 2 aromatic rings. The van der Waals surface area contributed by atoms with Crippen LogP contribution in [0.4, 0.5) is 0 Å². The minimum absolute atomic E-state index is 0.00463. The van der Waals surface area contributed by atoms with Crippen LogP contribution in [0.3, 0.4) is 0 Å². The number of benzene rings is 2. The van der Waals surface area contributed by atoms with Gasteiger partial charge in [0, 0.05) is 11.5 Å². The summed E-state index contributed by atoms with van der Waals surface area (Å²) in [6.45, 7) is 3.39. The Morgan fingerprint density at radius 2 is 1.50 bits per heavy atom. The Bertz CT molecular complexity index is 731. The van der Waals surface area contributed by atoms with Crippen molar-refractivity contribution in [2.45, 2.75) is 11.5 Å². The van der Waals surface area contributed by atoms with Crippen molar-refractivity contribution in [3.8, 4) is 17.2 Å². The zero-order valence-corrected chi connectivity index (χ0v) is 17.5. The van der Waals surface area contributed by atoms with Crippen LogP contribution >= 0.6 is 23.5 Å². The van der Waals surface area contributed by atoms with Crippen molar-refractivity contribution in [3.05, 3.63) is 54.1 Å². The maximum absolute atomic E-state index is 11.9. The fraction of sp³-hybridized carbons (Fsp3) is 0.381. The average molecular weight is 420 g/mol. The molecule has 1 amide bonds. The molecule has 0 aromatic heterocycles. The largest absolute Gasteiger partial charge is 0.494 e. The van der Waals surface area contributed by atoms with E-state index in [1.165, 1.54) is 17.1 Å². The standard InChI is InChI=1S/C21H25NO4S2/c1-2-24-17-7-9-18(10-8-17)25-12-11-22-20(23)15-26-19-5-3-16(4-6-19)21-27-13-14-28-21/h3-10,21H,2,11-15H2,1H3,(H,22,23). The molecule has 5 nitrogen and oxygen atoms in total. The molecule has 1 saturated heterocycles. The van der Waals surface area contributed by atoms with E-state index in [0.29, 0.717) is 30.1 Å². The predicted molar refractivity (Wildman–Crippen MR) is 116 cm³/mol. The molecule has 0 atom stereocenters. The maximum atomic E-state index is 11.9. The highest BCUT2D eigenvalue weighted by Gasteiger charge is 2.17. The third-order valence-corrected chi connectivity index (χ3v) is 7.08. The summed E-state index contributed by atoms with van der Waals surface area (Å²) in [5.74, 6) is 4.51. The molecule has 0 aliphatic carbocycles. The molecule has 7 heteroatoms. The van der Waals surface area contributed by atoms with Gasteiger partial charge >= 0.3 is 0 Å². The van der Waals surface area contributed by atoms with Gasteiger partial charge < -0.3 is 19.5 Å². The van der Waals surface area contributed by atoms with Crippen LogP contribution in [0.15, 0.2) is 48.5 Å². The van der Waals surface area contributed by atoms with Gasteiger partial charge in [-0.2, -0.15) is 0 Å². The summed E-state index contributed by atoms with van der Waals surface area (Å²) < 4.78 is 17.1. The summed E-state index contributed by atoms with van der Waals surface area (Å²) in [4.78, 5) is 11.9.